The molecule has 0 fully saturated rings. The molecule has 0 saturated carbocycles. The van der Waals surface area contributed by atoms with Gasteiger partial charge in [-0.2, -0.15) is 0 Å². The summed E-state index contributed by atoms with van der Waals surface area (Å²) in [5, 5.41) is 0.873. The molecule has 60 valence electrons. The van der Waals surface area contributed by atoms with E-state index in [0.717, 1.165) is 21.3 Å². The van der Waals surface area contributed by atoms with E-state index in [0.29, 0.717) is 0 Å². The smallest absolute Gasteiger partial charge is 0.132 e. The third kappa shape index (κ3) is 2.99. The number of halogens is 2. The monoisotopic (exact) mass is 326 g/mol. The Hall–Kier alpha value is 0.230. The Morgan fingerprint density at radius 2 is 2.09 bits per heavy atom. The molecule has 1 aromatic carbocycles. The summed E-state index contributed by atoms with van der Waals surface area (Å²) in [6.07, 6.45) is 0. The zero-order valence-electron chi connectivity index (χ0n) is 5.89. The number of alkyl halides is 1. The number of ether oxygens (including phenoxy) is 1. The first-order valence-corrected chi connectivity index (χ1v) is 5.48. The molecule has 0 amide bonds. The molecule has 0 aromatic heterocycles. The Labute approximate surface area is 88.4 Å². The highest BCUT2D eigenvalue weighted by molar-refractivity contribution is 14.1. The van der Waals surface area contributed by atoms with Crippen LogP contribution in [0.1, 0.15) is 0 Å². The molecule has 0 aliphatic heterocycles. The highest BCUT2D eigenvalue weighted by Crippen LogP contribution is 2.19. The minimum Gasteiger partial charge on any atom is -0.492 e. The van der Waals surface area contributed by atoms with E-state index in [1.807, 2.05) is 24.3 Å². The molecule has 0 saturated heterocycles. The van der Waals surface area contributed by atoms with Gasteiger partial charge in [0.15, 0.2) is 0 Å². The Morgan fingerprint density at radius 3 is 2.73 bits per heavy atom. The molecule has 0 radical (unpaired) electrons. The van der Waals surface area contributed by atoms with Crippen molar-refractivity contribution >= 4 is 38.5 Å². The first-order valence-electron chi connectivity index (χ1n) is 3.28. The summed E-state index contributed by atoms with van der Waals surface area (Å²) in [4.78, 5) is 0. The lowest BCUT2D eigenvalue weighted by molar-refractivity contribution is 0.342. The molecule has 3 heteroatoms. The average Bonchev–Trinajstić information content (AvgIpc) is 2.03. The fourth-order valence-corrected chi connectivity index (χ4v) is 1.42. The van der Waals surface area contributed by atoms with Crippen LogP contribution in [-0.4, -0.2) is 11.9 Å². The van der Waals surface area contributed by atoms with Gasteiger partial charge < -0.3 is 4.74 Å². The van der Waals surface area contributed by atoms with Gasteiger partial charge in [0.1, 0.15) is 5.75 Å². The maximum Gasteiger partial charge on any atom is 0.132 e. The first-order chi connectivity index (χ1) is 5.34. The molecule has 11 heavy (non-hydrogen) atoms. The Balaban J connectivity index is 2.62. The number of hydrogen-bond donors (Lipinski definition) is 0. The van der Waals surface area contributed by atoms with E-state index in [1.54, 1.807) is 0 Å². The SMILES string of the molecule is BrCCOc1ccccc1I. The maximum absolute atomic E-state index is 5.43. The zero-order chi connectivity index (χ0) is 8.10. The molecule has 1 aromatic rings. The predicted molar refractivity (Wildman–Crippen MR) is 58.4 cm³/mol. The molecule has 1 rings (SSSR count). The molecule has 1 nitrogen and oxygen atoms in total. The van der Waals surface area contributed by atoms with E-state index in [4.69, 9.17) is 4.74 Å². The van der Waals surface area contributed by atoms with Crippen LogP contribution in [0.2, 0.25) is 0 Å². The first kappa shape index (κ1) is 9.32. The van der Waals surface area contributed by atoms with Crippen molar-refractivity contribution in [2.75, 3.05) is 11.9 Å². The topological polar surface area (TPSA) is 9.23 Å². The number of para-hydroxylation sites is 1. The number of rotatable bonds is 3. The minimum absolute atomic E-state index is 0.722. The summed E-state index contributed by atoms with van der Waals surface area (Å²) < 4.78 is 6.59. The van der Waals surface area contributed by atoms with Gasteiger partial charge in [-0.05, 0) is 34.7 Å². The zero-order valence-corrected chi connectivity index (χ0v) is 9.63. The molecule has 0 aliphatic rings. The molecular formula is C8H8BrIO. The number of benzene rings is 1. The Bertz CT molecular complexity index is 227. The second-order valence-corrected chi connectivity index (χ2v) is 3.92. The molecule has 0 bridgehead atoms. The van der Waals surface area contributed by atoms with Crippen LogP contribution >= 0.6 is 38.5 Å². The van der Waals surface area contributed by atoms with Gasteiger partial charge in [0.05, 0.1) is 10.2 Å². The third-order valence-electron chi connectivity index (χ3n) is 1.17. The van der Waals surface area contributed by atoms with Crippen LogP contribution in [0.4, 0.5) is 0 Å². The fraction of sp³-hybridized carbons (Fsp3) is 0.250. The van der Waals surface area contributed by atoms with Crippen molar-refractivity contribution in [1.82, 2.24) is 0 Å². The second-order valence-electron chi connectivity index (χ2n) is 1.97. The molecular weight excluding hydrogens is 319 g/mol. The Morgan fingerprint density at radius 1 is 1.36 bits per heavy atom. The third-order valence-corrected chi connectivity index (χ3v) is 2.39. The maximum atomic E-state index is 5.43. The van der Waals surface area contributed by atoms with Crippen LogP contribution in [0.3, 0.4) is 0 Å². The summed E-state index contributed by atoms with van der Waals surface area (Å²) in [5.41, 5.74) is 0. The van der Waals surface area contributed by atoms with Gasteiger partial charge in [0, 0.05) is 5.33 Å². The Kier molecular flexibility index (Phi) is 4.22. The highest BCUT2D eigenvalue weighted by Gasteiger charge is 1.96. The van der Waals surface area contributed by atoms with Gasteiger partial charge in [-0.1, -0.05) is 28.1 Å². The number of hydrogen-bond acceptors (Lipinski definition) is 1. The van der Waals surface area contributed by atoms with Crippen molar-refractivity contribution in [3.63, 3.8) is 0 Å². The van der Waals surface area contributed by atoms with Gasteiger partial charge in [-0.25, -0.2) is 0 Å². The quantitative estimate of drug-likeness (QED) is 0.613. The fourth-order valence-electron chi connectivity index (χ4n) is 0.710. The lowest BCUT2D eigenvalue weighted by atomic mass is 10.3. The second kappa shape index (κ2) is 4.98. The van der Waals surface area contributed by atoms with Gasteiger partial charge >= 0.3 is 0 Å². The van der Waals surface area contributed by atoms with Gasteiger partial charge in [-0.3, -0.25) is 0 Å². The van der Waals surface area contributed by atoms with Gasteiger partial charge in [-0.15, -0.1) is 0 Å². The summed E-state index contributed by atoms with van der Waals surface area (Å²) in [6, 6.07) is 7.99. The van der Waals surface area contributed by atoms with Crippen molar-refractivity contribution in [2.45, 2.75) is 0 Å². The van der Waals surface area contributed by atoms with Crippen molar-refractivity contribution in [3.05, 3.63) is 27.8 Å². The summed E-state index contributed by atoms with van der Waals surface area (Å²) in [6.45, 7) is 0.722. The summed E-state index contributed by atoms with van der Waals surface area (Å²) >= 11 is 5.56. The van der Waals surface area contributed by atoms with E-state index in [1.165, 1.54) is 0 Å². The molecule has 0 unspecified atom stereocenters. The van der Waals surface area contributed by atoms with Crippen LogP contribution in [0, 0.1) is 3.57 Å². The minimum atomic E-state index is 0.722. The molecule has 0 spiro atoms. The van der Waals surface area contributed by atoms with Gasteiger partial charge in [0.25, 0.3) is 0 Å². The van der Waals surface area contributed by atoms with Crippen LogP contribution in [0.25, 0.3) is 0 Å². The largest absolute Gasteiger partial charge is 0.492 e. The van der Waals surface area contributed by atoms with E-state index in [9.17, 15) is 0 Å². The molecule has 0 atom stereocenters. The lowest BCUT2D eigenvalue weighted by Gasteiger charge is -2.04. The summed E-state index contributed by atoms with van der Waals surface area (Å²) in [7, 11) is 0. The lowest BCUT2D eigenvalue weighted by Crippen LogP contribution is -1.98. The van der Waals surface area contributed by atoms with E-state index in [-0.39, 0.29) is 0 Å². The van der Waals surface area contributed by atoms with Crippen molar-refractivity contribution in [3.8, 4) is 5.75 Å². The van der Waals surface area contributed by atoms with Crippen molar-refractivity contribution < 1.29 is 4.74 Å². The van der Waals surface area contributed by atoms with Crippen molar-refractivity contribution in [1.29, 1.82) is 0 Å². The van der Waals surface area contributed by atoms with Crippen molar-refractivity contribution in [2.24, 2.45) is 0 Å². The van der Waals surface area contributed by atoms with Crippen LogP contribution in [0.15, 0.2) is 24.3 Å². The van der Waals surface area contributed by atoms with E-state index < -0.39 is 0 Å². The average molecular weight is 327 g/mol. The van der Waals surface area contributed by atoms with Crippen LogP contribution in [-0.2, 0) is 0 Å². The van der Waals surface area contributed by atoms with Gasteiger partial charge in [0.2, 0.25) is 0 Å². The van der Waals surface area contributed by atoms with E-state index >= 15 is 0 Å². The normalized spacial score (nSPS) is 9.64. The van der Waals surface area contributed by atoms with Crippen LogP contribution < -0.4 is 4.74 Å². The predicted octanol–water partition coefficient (Wildman–Crippen LogP) is 3.06. The standard InChI is InChI=1S/C8H8BrIO/c9-5-6-11-8-4-2-1-3-7(8)10/h1-4H,5-6H2. The van der Waals surface area contributed by atoms with Crippen LogP contribution in [0.5, 0.6) is 5.75 Å². The molecule has 0 N–H and O–H groups in total. The highest BCUT2D eigenvalue weighted by atomic mass is 127. The molecule has 0 heterocycles. The summed E-state index contributed by atoms with van der Waals surface area (Å²) in [5.74, 6) is 0.965. The molecule has 0 aliphatic carbocycles. The van der Waals surface area contributed by atoms with E-state index in [2.05, 4.69) is 38.5 Å².